The number of ketones is 1. The van der Waals surface area contributed by atoms with Gasteiger partial charge in [0, 0.05) is 14.9 Å². The summed E-state index contributed by atoms with van der Waals surface area (Å²) >= 11 is 7.19. The van der Waals surface area contributed by atoms with Gasteiger partial charge in [-0.2, -0.15) is 0 Å². The highest BCUT2D eigenvalue weighted by Crippen LogP contribution is 2.23. The number of carbonyl (C=O) groups is 1. The minimum atomic E-state index is 0.220. The molecule has 0 unspecified atom stereocenters. The predicted molar refractivity (Wildman–Crippen MR) is 73.4 cm³/mol. The molecule has 0 fully saturated rings. The van der Waals surface area contributed by atoms with E-state index in [9.17, 15) is 4.79 Å². The van der Waals surface area contributed by atoms with Gasteiger partial charge in [0.2, 0.25) is 0 Å². The zero-order chi connectivity index (χ0) is 10.6. The van der Waals surface area contributed by atoms with Gasteiger partial charge in [-0.15, -0.1) is 11.8 Å². The summed E-state index contributed by atoms with van der Waals surface area (Å²) in [7, 11) is 0. The Hall–Kier alpha value is 0.450. The summed E-state index contributed by atoms with van der Waals surface area (Å²) in [6.07, 6.45) is 2.58. The predicted octanol–water partition coefficient (Wildman–Crippen LogP) is 3.52. The second-order valence-electron chi connectivity index (χ2n) is 2.82. The van der Waals surface area contributed by atoms with Crippen LogP contribution in [0.25, 0.3) is 0 Å². The van der Waals surface area contributed by atoms with E-state index in [2.05, 4.69) is 56.9 Å². The van der Waals surface area contributed by atoms with Crippen molar-refractivity contribution in [3.8, 4) is 0 Å². The molecule has 0 N–H and O–H groups in total. The van der Waals surface area contributed by atoms with Gasteiger partial charge in [-0.3, -0.25) is 4.79 Å². The van der Waals surface area contributed by atoms with Gasteiger partial charge in [0.25, 0.3) is 0 Å². The van der Waals surface area contributed by atoms with Crippen molar-refractivity contribution in [1.82, 2.24) is 0 Å². The van der Waals surface area contributed by atoms with E-state index in [-0.39, 0.29) is 5.78 Å². The molecule has 0 atom stereocenters. The first-order valence-corrected chi connectivity index (χ1v) is 7.50. The molecule has 0 aliphatic carbocycles. The van der Waals surface area contributed by atoms with Crippen molar-refractivity contribution in [1.29, 1.82) is 0 Å². The highest BCUT2D eigenvalue weighted by Gasteiger charge is 2.04. The Morgan fingerprint density at radius 2 is 2.29 bits per heavy atom. The molecule has 0 aliphatic rings. The Balaban J connectivity index is 2.81. The van der Waals surface area contributed by atoms with Crippen LogP contribution in [0.15, 0.2) is 23.1 Å². The molecule has 0 heterocycles. The summed E-state index contributed by atoms with van der Waals surface area (Å²) in [5, 5.41) is 0.438. The monoisotopic (exact) mass is 384 g/mol. The molecule has 0 saturated heterocycles. The number of rotatable bonds is 4. The number of thioether (sulfide) groups is 1. The van der Waals surface area contributed by atoms with E-state index in [4.69, 9.17) is 0 Å². The van der Waals surface area contributed by atoms with Crippen molar-refractivity contribution >= 4 is 56.1 Å². The number of hydrogen-bond donors (Lipinski definition) is 0. The lowest BCUT2D eigenvalue weighted by atomic mass is 10.1. The number of carbonyl (C=O) groups excluding carboxylic acids is 1. The smallest absolute Gasteiger partial charge is 0.147 e. The molecule has 76 valence electrons. The van der Waals surface area contributed by atoms with Crippen molar-refractivity contribution < 1.29 is 4.79 Å². The molecule has 0 saturated carbocycles. The number of Topliss-reactive ketones (excluding diaryl/α,β-unsaturated/α-hetero) is 1. The van der Waals surface area contributed by atoms with Crippen LogP contribution < -0.4 is 0 Å². The molecule has 1 aromatic carbocycles. The molecule has 0 radical (unpaired) electrons. The molecule has 14 heavy (non-hydrogen) atoms. The van der Waals surface area contributed by atoms with Crippen LogP contribution in [-0.2, 0) is 11.2 Å². The quantitative estimate of drug-likeness (QED) is 0.449. The number of benzene rings is 1. The van der Waals surface area contributed by atoms with Gasteiger partial charge in [-0.25, -0.2) is 0 Å². The summed E-state index contributed by atoms with van der Waals surface area (Å²) in [6.45, 7) is 0. The average Bonchev–Trinajstić information content (AvgIpc) is 2.18. The van der Waals surface area contributed by atoms with E-state index in [1.165, 1.54) is 8.47 Å². The fourth-order valence-electron chi connectivity index (χ4n) is 1.09. The molecular formula is C10H10BrIOS. The number of halogens is 2. The first kappa shape index (κ1) is 12.5. The maximum atomic E-state index is 11.2. The van der Waals surface area contributed by atoms with Crippen LogP contribution in [0.4, 0.5) is 0 Å². The third kappa shape index (κ3) is 3.55. The van der Waals surface area contributed by atoms with Gasteiger partial charge in [-0.05, 0) is 46.5 Å². The molecule has 4 heteroatoms. The maximum Gasteiger partial charge on any atom is 0.147 e. The summed E-state index contributed by atoms with van der Waals surface area (Å²) in [5.74, 6) is 0.220. The molecule has 0 spiro atoms. The highest BCUT2D eigenvalue weighted by atomic mass is 127. The van der Waals surface area contributed by atoms with E-state index in [0.717, 1.165) is 5.56 Å². The average molecular weight is 385 g/mol. The summed E-state index contributed by atoms with van der Waals surface area (Å²) < 4.78 is 1.22. The fraction of sp³-hybridized carbons (Fsp3) is 0.300. The Bertz CT molecular complexity index is 341. The fourth-order valence-corrected chi connectivity index (χ4v) is 2.99. The minimum absolute atomic E-state index is 0.220. The van der Waals surface area contributed by atoms with Crippen LogP contribution in [-0.4, -0.2) is 17.4 Å². The van der Waals surface area contributed by atoms with Gasteiger partial charge < -0.3 is 0 Å². The van der Waals surface area contributed by atoms with Crippen LogP contribution in [0.1, 0.15) is 5.56 Å². The SMILES string of the molecule is CSc1ccc(CC(=O)CBr)cc1I. The zero-order valence-electron chi connectivity index (χ0n) is 7.72. The van der Waals surface area contributed by atoms with Crippen LogP contribution in [0.3, 0.4) is 0 Å². The molecule has 0 bridgehead atoms. The van der Waals surface area contributed by atoms with Crippen molar-refractivity contribution in [3.63, 3.8) is 0 Å². The highest BCUT2D eigenvalue weighted by molar-refractivity contribution is 14.1. The van der Waals surface area contributed by atoms with Gasteiger partial charge in [-0.1, -0.05) is 22.0 Å². The van der Waals surface area contributed by atoms with Crippen molar-refractivity contribution in [2.24, 2.45) is 0 Å². The Labute approximate surface area is 110 Å². The van der Waals surface area contributed by atoms with Gasteiger partial charge >= 0.3 is 0 Å². The third-order valence-electron chi connectivity index (χ3n) is 1.77. The van der Waals surface area contributed by atoms with Crippen LogP contribution in [0.2, 0.25) is 0 Å². The van der Waals surface area contributed by atoms with E-state index in [0.29, 0.717) is 11.8 Å². The van der Waals surface area contributed by atoms with Crippen molar-refractivity contribution in [3.05, 3.63) is 27.3 Å². The van der Waals surface area contributed by atoms with Gasteiger partial charge in [0.15, 0.2) is 0 Å². The van der Waals surface area contributed by atoms with Gasteiger partial charge in [0.05, 0.1) is 5.33 Å². The van der Waals surface area contributed by atoms with E-state index in [1.54, 1.807) is 11.8 Å². The molecular weight excluding hydrogens is 375 g/mol. The van der Waals surface area contributed by atoms with Crippen LogP contribution in [0.5, 0.6) is 0 Å². The number of hydrogen-bond acceptors (Lipinski definition) is 2. The molecule has 1 rings (SSSR count). The standard InChI is InChI=1S/C10H10BrIOS/c1-14-10-3-2-7(5-9(10)12)4-8(13)6-11/h2-3,5H,4,6H2,1H3. The first-order chi connectivity index (χ1) is 6.67. The van der Waals surface area contributed by atoms with Gasteiger partial charge in [0.1, 0.15) is 5.78 Å². The summed E-state index contributed by atoms with van der Waals surface area (Å²) in [4.78, 5) is 12.5. The molecule has 1 aromatic rings. The number of alkyl halides is 1. The largest absolute Gasteiger partial charge is 0.298 e. The summed E-state index contributed by atoms with van der Waals surface area (Å²) in [5.41, 5.74) is 1.09. The van der Waals surface area contributed by atoms with E-state index >= 15 is 0 Å². The molecule has 1 nitrogen and oxygen atoms in total. The zero-order valence-corrected chi connectivity index (χ0v) is 12.3. The molecule has 0 aromatic heterocycles. The Kier molecular flexibility index (Phi) is 5.48. The Morgan fingerprint density at radius 3 is 2.79 bits per heavy atom. The second kappa shape index (κ2) is 6.12. The first-order valence-electron chi connectivity index (χ1n) is 4.07. The lowest BCUT2D eigenvalue weighted by molar-refractivity contribution is -0.115. The lowest BCUT2D eigenvalue weighted by Crippen LogP contribution is -2.03. The molecule has 0 aliphatic heterocycles. The van der Waals surface area contributed by atoms with E-state index in [1.807, 2.05) is 6.07 Å². The maximum absolute atomic E-state index is 11.2. The van der Waals surface area contributed by atoms with Crippen molar-refractivity contribution in [2.45, 2.75) is 11.3 Å². The Morgan fingerprint density at radius 1 is 1.57 bits per heavy atom. The summed E-state index contributed by atoms with van der Waals surface area (Å²) in [6, 6.07) is 6.17. The second-order valence-corrected chi connectivity index (χ2v) is 5.39. The van der Waals surface area contributed by atoms with E-state index < -0.39 is 0 Å². The third-order valence-corrected chi connectivity index (χ3v) is 4.45. The van der Waals surface area contributed by atoms with Crippen molar-refractivity contribution in [2.75, 3.05) is 11.6 Å². The minimum Gasteiger partial charge on any atom is -0.298 e. The molecule has 0 amide bonds. The van der Waals surface area contributed by atoms with Crippen LogP contribution in [0, 0.1) is 3.57 Å². The lowest BCUT2D eigenvalue weighted by Gasteiger charge is -2.03. The topological polar surface area (TPSA) is 17.1 Å². The van der Waals surface area contributed by atoms with Crippen LogP contribution >= 0.6 is 50.3 Å². The normalized spacial score (nSPS) is 10.2.